The lowest BCUT2D eigenvalue weighted by Crippen LogP contribution is -2.46. The summed E-state index contributed by atoms with van der Waals surface area (Å²) >= 11 is 0. The maximum atomic E-state index is 12.1. The number of benzene rings is 2. The van der Waals surface area contributed by atoms with Crippen molar-refractivity contribution in [1.29, 1.82) is 0 Å². The number of amides is 2. The maximum absolute atomic E-state index is 12.1. The third-order valence-electron chi connectivity index (χ3n) is 3.40. The summed E-state index contributed by atoms with van der Waals surface area (Å²) in [6.07, 6.45) is 0.0141. The molecule has 0 radical (unpaired) electrons. The molecular weight excluding hydrogens is 296 g/mol. The molecule has 0 aromatic heterocycles. The van der Waals surface area contributed by atoms with Gasteiger partial charge in [-0.1, -0.05) is 42.5 Å². The lowest BCUT2D eigenvalue weighted by atomic mass is 10.0. The Morgan fingerprint density at radius 3 is 2.13 bits per heavy atom. The first-order valence-electron chi connectivity index (χ1n) is 7.17. The van der Waals surface area contributed by atoms with E-state index in [1.165, 1.54) is 5.48 Å². The molecule has 0 fully saturated rings. The minimum Gasteiger partial charge on any atom is -0.396 e. The summed E-state index contributed by atoms with van der Waals surface area (Å²) in [5.41, 5.74) is 3.87. The highest BCUT2D eigenvalue weighted by Gasteiger charge is 2.20. The molecule has 2 rings (SSSR count). The minimum absolute atomic E-state index is 0.0141. The molecular formula is C17H18N2O4. The monoisotopic (exact) mass is 314 g/mol. The molecule has 2 amide bonds. The van der Waals surface area contributed by atoms with E-state index in [9.17, 15) is 9.59 Å². The molecule has 23 heavy (non-hydrogen) atoms. The van der Waals surface area contributed by atoms with Gasteiger partial charge in [-0.15, -0.1) is 0 Å². The predicted molar refractivity (Wildman–Crippen MR) is 84.8 cm³/mol. The summed E-state index contributed by atoms with van der Waals surface area (Å²) in [4.78, 5) is 23.6. The van der Waals surface area contributed by atoms with Crippen LogP contribution in [-0.4, -0.2) is 34.8 Å². The van der Waals surface area contributed by atoms with Gasteiger partial charge in [-0.25, -0.2) is 5.48 Å². The normalized spacial score (nSPS) is 11.6. The van der Waals surface area contributed by atoms with E-state index in [4.69, 9.17) is 10.3 Å². The van der Waals surface area contributed by atoms with Gasteiger partial charge >= 0.3 is 0 Å². The summed E-state index contributed by atoms with van der Waals surface area (Å²) in [5.74, 6) is -1.22. The quantitative estimate of drug-likeness (QED) is 0.478. The van der Waals surface area contributed by atoms with Crippen LogP contribution in [0.1, 0.15) is 16.8 Å². The average molecular weight is 314 g/mol. The molecule has 0 aliphatic carbocycles. The fraction of sp³-hybridized carbons (Fsp3) is 0.176. The summed E-state index contributed by atoms with van der Waals surface area (Å²) in [5, 5.41) is 20.0. The zero-order valence-corrected chi connectivity index (χ0v) is 12.4. The number of nitrogens with one attached hydrogen (secondary N) is 2. The summed E-state index contributed by atoms with van der Waals surface area (Å²) in [7, 11) is 0. The zero-order chi connectivity index (χ0) is 16.7. The Balaban J connectivity index is 2.09. The van der Waals surface area contributed by atoms with E-state index in [-0.39, 0.29) is 13.0 Å². The Kier molecular flexibility index (Phi) is 5.85. The molecule has 2 aromatic rings. The SMILES string of the molecule is O=C(NC(CCO)C(=O)NO)c1ccc(-c2ccccc2)cc1. The van der Waals surface area contributed by atoms with Crippen LogP contribution >= 0.6 is 0 Å². The van der Waals surface area contributed by atoms with Gasteiger partial charge in [0.25, 0.3) is 11.8 Å². The number of aliphatic hydroxyl groups excluding tert-OH is 1. The number of aliphatic hydroxyl groups is 1. The van der Waals surface area contributed by atoms with Gasteiger partial charge in [-0.05, 0) is 29.7 Å². The Bertz CT molecular complexity index is 656. The molecule has 1 atom stereocenters. The summed E-state index contributed by atoms with van der Waals surface area (Å²) < 4.78 is 0. The van der Waals surface area contributed by atoms with Crippen molar-refractivity contribution in [3.63, 3.8) is 0 Å². The second-order valence-electron chi connectivity index (χ2n) is 4.96. The highest BCUT2D eigenvalue weighted by atomic mass is 16.5. The van der Waals surface area contributed by atoms with Crippen LogP contribution in [0.25, 0.3) is 11.1 Å². The van der Waals surface area contributed by atoms with Crippen molar-refractivity contribution < 1.29 is 19.9 Å². The first-order valence-corrected chi connectivity index (χ1v) is 7.17. The molecule has 120 valence electrons. The van der Waals surface area contributed by atoms with Crippen LogP contribution in [0.3, 0.4) is 0 Å². The van der Waals surface area contributed by atoms with Gasteiger partial charge in [0.05, 0.1) is 0 Å². The Hall–Kier alpha value is -2.70. The second kappa shape index (κ2) is 8.07. The van der Waals surface area contributed by atoms with Crippen molar-refractivity contribution in [2.45, 2.75) is 12.5 Å². The number of hydroxylamine groups is 1. The van der Waals surface area contributed by atoms with Crippen molar-refractivity contribution in [3.8, 4) is 11.1 Å². The van der Waals surface area contributed by atoms with Gasteiger partial charge in [-0.3, -0.25) is 14.8 Å². The first kappa shape index (κ1) is 16.7. The second-order valence-corrected chi connectivity index (χ2v) is 4.96. The average Bonchev–Trinajstić information content (AvgIpc) is 2.61. The summed E-state index contributed by atoms with van der Waals surface area (Å²) in [6, 6.07) is 15.7. The molecule has 0 saturated heterocycles. The van der Waals surface area contributed by atoms with Crippen LogP contribution in [0.2, 0.25) is 0 Å². The van der Waals surface area contributed by atoms with Gasteiger partial charge in [-0.2, -0.15) is 0 Å². The Labute approximate surface area is 133 Å². The maximum Gasteiger partial charge on any atom is 0.265 e. The smallest absolute Gasteiger partial charge is 0.265 e. The van der Waals surface area contributed by atoms with E-state index < -0.39 is 17.9 Å². The highest BCUT2D eigenvalue weighted by Crippen LogP contribution is 2.19. The molecule has 0 spiro atoms. The third kappa shape index (κ3) is 4.38. The van der Waals surface area contributed by atoms with Gasteiger partial charge in [0.2, 0.25) is 0 Å². The molecule has 1 unspecified atom stereocenters. The van der Waals surface area contributed by atoms with Crippen LogP contribution in [0, 0.1) is 0 Å². The molecule has 0 aliphatic heterocycles. The number of hydrogen-bond donors (Lipinski definition) is 4. The van der Waals surface area contributed by atoms with Gasteiger partial charge in [0.1, 0.15) is 6.04 Å². The Morgan fingerprint density at radius 2 is 1.57 bits per heavy atom. The molecule has 0 saturated carbocycles. The standard InChI is InChI=1S/C17H18N2O4/c20-11-10-15(17(22)19-23)18-16(21)14-8-6-13(7-9-14)12-4-2-1-3-5-12/h1-9,15,20,23H,10-11H2,(H,18,21)(H,19,22). The summed E-state index contributed by atoms with van der Waals surface area (Å²) in [6.45, 7) is -0.286. The molecule has 0 aliphatic rings. The van der Waals surface area contributed by atoms with Gasteiger partial charge in [0.15, 0.2) is 0 Å². The molecule has 0 bridgehead atoms. The molecule has 6 heteroatoms. The van der Waals surface area contributed by atoms with Crippen molar-refractivity contribution in [1.82, 2.24) is 10.8 Å². The van der Waals surface area contributed by atoms with E-state index in [0.717, 1.165) is 11.1 Å². The van der Waals surface area contributed by atoms with Crippen molar-refractivity contribution in [3.05, 3.63) is 60.2 Å². The zero-order valence-electron chi connectivity index (χ0n) is 12.4. The lowest BCUT2D eigenvalue weighted by Gasteiger charge is -2.15. The highest BCUT2D eigenvalue weighted by molar-refractivity contribution is 5.97. The van der Waals surface area contributed by atoms with Gasteiger partial charge < -0.3 is 10.4 Å². The van der Waals surface area contributed by atoms with Crippen LogP contribution in [0.5, 0.6) is 0 Å². The van der Waals surface area contributed by atoms with Gasteiger partial charge in [0, 0.05) is 12.2 Å². The van der Waals surface area contributed by atoms with Crippen LogP contribution in [0.15, 0.2) is 54.6 Å². The number of carbonyl (C=O) groups is 2. The first-order chi connectivity index (χ1) is 11.2. The topological polar surface area (TPSA) is 98.7 Å². The van der Waals surface area contributed by atoms with E-state index in [1.54, 1.807) is 12.1 Å². The van der Waals surface area contributed by atoms with Crippen LogP contribution in [0.4, 0.5) is 0 Å². The fourth-order valence-electron chi connectivity index (χ4n) is 2.16. The van der Waals surface area contributed by atoms with Crippen molar-refractivity contribution >= 4 is 11.8 Å². The lowest BCUT2D eigenvalue weighted by molar-refractivity contribution is -0.131. The molecule has 2 aromatic carbocycles. The van der Waals surface area contributed by atoms with Crippen LogP contribution < -0.4 is 10.8 Å². The number of hydrogen-bond acceptors (Lipinski definition) is 4. The van der Waals surface area contributed by atoms with E-state index >= 15 is 0 Å². The van der Waals surface area contributed by atoms with Crippen molar-refractivity contribution in [2.24, 2.45) is 0 Å². The predicted octanol–water partition coefficient (Wildman–Crippen LogP) is 1.34. The molecule has 6 nitrogen and oxygen atoms in total. The Morgan fingerprint density at radius 1 is 0.957 bits per heavy atom. The van der Waals surface area contributed by atoms with Crippen molar-refractivity contribution in [2.75, 3.05) is 6.61 Å². The van der Waals surface area contributed by atoms with E-state index in [0.29, 0.717) is 5.56 Å². The molecule has 0 heterocycles. The third-order valence-corrected chi connectivity index (χ3v) is 3.40. The van der Waals surface area contributed by atoms with E-state index in [2.05, 4.69) is 5.32 Å². The fourth-order valence-corrected chi connectivity index (χ4v) is 2.16. The van der Waals surface area contributed by atoms with E-state index in [1.807, 2.05) is 42.5 Å². The largest absolute Gasteiger partial charge is 0.396 e. The number of carbonyl (C=O) groups excluding carboxylic acids is 2. The minimum atomic E-state index is -0.994. The molecule has 4 N–H and O–H groups in total. The van der Waals surface area contributed by atoms with Crippen LogP contribution in [-0.2, 0) is 4.79 Å². The number of rotatable bonds is 6.